The number of carbonyl (C=O) groups excluding carboxylic acids is 1. The lowest BCUT2D eigenvalue weighted by Gasteiger charge is -2.02. The summed E-state index contributed by atoms with van der Waals surface area (Å²) < 4.78 is 5.01. The van der Waals surface area contributed by atoms with Gasteiger partial charge < -0.3 is 4.74 Å². The van der Waals surface area contributed by atoms with Crippen LogP contribution in [0.3, 0.4) is 0 Å². The molecule has 76 valence electrons. The summed E-state index contributed by atoms with van der Waals surface area (Å²) in [7, 11) is 0. The topological polar surface area (TPSA) is 39.2 Å². The van der Waals surface area contributed by atoms with Crippen molar-refractivity contribution < 1.29 is 9.53 Å². The Morgan fingerprint density at radius 2 is 2.36 bits per heavy atom. The second-order valence-electron chi connectivity index (χ2n) is 3.07. The fraction of sp³-hybridized carbons (Fsp3) is 0.455. The minimum absolute atomic E-state index is 0.197. The number of unbranched alkanes of at least 4 members (excludes halogenated alkanes) is 1. The summed E-state index contributed by atoms with van der Waals surface area (Å²) in [5.41, 5.74) is 0.758. The van der Waals surface area contributed by atoms with E-state index in [0.29, 0.717) is 6.61 Å². The van der Waals surface area contributed by atoms with Crippen molar-refractivity contribution in [3.63, 3.8) is 0 Å². The third kappa shape index (κ3) is 4.03. The van der Waals surface area contributed by atoms with E-state index in [1.165, 1.54) is 0 Å². The van der Waals surface area contributed by atoms with E-state index in [2.05, 4.69) is 11.9 Å². The standard InChI is InChI=1S/C11H15NO2/c1-2-3-8-14-11(13)9-10-6-4-5-7-12-10/h4-7H,2-3,8-9H2,1H3. The van der Waals surface area contributed by atoms with Crippen LogP contribution in [0, 0.1) is 0 Å². The molecule has 14 heavy (non-hydrogen) atoms. The van der Waals surface area contributed by atoms with Gasteiger partial charge in [-0.2, -0.15) is 0 Å². The molecule has 1 aromatic heterocycles. The minimum Gasteiger partial charge on any atom is -0.465 e. The van der Waals surface area contributed by atoms with Crippen LogP contribution in [-0.2, 0) is 16.0 Å². The van der Waals surface area contributed by atoms with Crippen LogP contribution in [0.25, 0.3) is 0 Å². The molecule has 0 fully saturated rings. The molecule has 1 rings (SSSR count). The number of hydrogen-bond donors (Lipinski definition) is 0. The highest BCUT2D eigenvalue weighted by atomic mass is 16.5. The summed E-state index contributed by atoms with van der Waals surface area (Å²) in [6.45, 7) is 2.58. The van der Waals surface area contributed by atoms with E-state index in [-0.39, 0.29) is 12.4 Å². The van der Waals surface area contributed by atoms with Crippen LogP contribution in [0.1, 0.15) is 25.5 Å². The van der Waals surface area contributed by atoms with Crippen molar-refractivity contribution in [1.29, 1.82) is 0 Å². The van der Waals surface area contributed by atoms with Gasteiger partial charge in [0.05, 0.1) is 18.7 Å². The average molecular weight is 193 g/mol. The molecule has 0 aromatic carbocycles. The first-order valence-corrected chi connectivity index (χ1v) is 4.88. The first kappa shape index (κ1) is 10.7. The van der Waals surface area contributed by atoms with Crippen LogP contribution in [0.2, 0.25) is 0 Å². The number of hydrogen-bond acceptors (Lipinski definition) is 3. The Kier molecular flexibility index (Phi) is 4.69. The van der Waals surface area contributed by atoms with Gasteiger partial charge in [-0.3, -0.25) is 9.78 Å². The summed E-state index contributed by atoms with van der Waals surface area (Å²) in [6, 6.07) is 5.51. The van der Waals surface area contributed by atoms with Gasteiger partial charge in [0.25, 0.3) is 0 Å². The first-order chi connectivity index (χ1) is 6.83. The van der Waals surface area contributed by atoms with Gasteiger partial charge in [-0.25, -0.2) is 0 Å². The quantitative estimate of drug-likeness (QED) is 0.530. The molecule has 0 aliphatic heterocycles. The lowest BCUT2D eigenvalue weighted by molar-refractivity contribution is -0.143. The molecule has 1 aromatic rings. The fourth-order valence-corrected chi connectivity index (χ4v) is 1.03. The average Bonchev–Trinajstić information content (AvgIpc) is 2.20. The lowest BCUT2D eigenvalue weighted by Crippen LogP contribution is -2.09. The SMILES string of the molecule is CCCCOC(=O)Cc1ccccn1. The van der Waals surface area contributed by atoms with Gasteiger partial charge in [0.2, 0.25) is 0 Å². The van der Waals surface area contributed by atoms with Gasteiger partial charge >= 0.3 is 5.97 Å². The number of pyridine rings is 1. The minimum atomic E-state index is -0.197. The van der Waals surface area contributed by atoms with Gasteiger partial charge in [0.1, 0.15) is 0 Å². The second kappa shape index (κ2) is 6.13. The number of esters is 1. The summed E-state index contributed by atoms with van der Waals surface area (Å²) in [5, 5.41) is 0. The molecule has 1 heterocycles. The highest BCUT2D eigenvalue weighted by Crippen LogP contribution is 1.97. The number of carbonyl (C=O) groups is 1. The third-order valence-electron chi connectivity index (χ3n) is 1.81. The van der Waals surface area contributed by atoms with Crippen molar-refractivity contribution in [3.05, 3.63) is 30.1 Å². The Bertz CT molecular complexity index is 272. The molecule has 0 saturated heterocycles. The fourth-order valence-electron chi connectivity index (χ4n) is 1.03. The van der Waals surface area contributed by atoms with Gasteiger partial charge in [-0.05, 0) is 18.6 Å². The van der Waals surface area contributed by atoms with E-state index in [1.807, 2.05) is 18.2 Å². The first-order valence-electron chi connectivity index (χ1n) is 4.88. The van der Waals surface area contributed by atoms with Crippen molar-refractivity contribution >= 4 is 5.97 Å². The Hall–Kier alpha value is -1.38. The number of ether oxygens (including phenoxy) is 1. The Balaban J connectivity index is 2.27. The van der Waals surface area contributed by atoms with Crippen LogP contribution < -0.4 is 0 Å². The van der Waals surface area contributed by atoms with Crippen molar-refractivity contribution in [2.24, 2.45) is 0 Å². The van der Waals surface area contributed by atoms with Crippen LogP contribution in [0.15, 0.2) is 24.4 Å². The summed E-state index contributed by atoms with van der Waals surface area (Å²) in [4.78, 5) is 15.3. The zero-order valence-electron chi connectivity index (χ0n) is 8.40. The molecular formula is C11H15NO2. The van der Waals surface area contributed by atoms with E-state index in [1.54, 1.807) is 6.20 Å². The van der Waals surface area contributed by atoms with Crippen molar-refractivity contribution in [2.45, 2.75) is 26.2 Å². The summed E-state index contributed by atoms with van der Waals surface area (Å²) in [6.07, 6.45) is 3.91. The van der Waals surface area contributed by atoms with Crippen LogP contribution in [-0.4, -0.2) is 17.6 Å². The second-order valence-corrected chi connectivity index (χ2v) is 3.07. The zero-order valence-corrected chi connectivity index (χ0v) is 8.40. The van der Waals surface area contributed by atoms with Crippen molar-refractivity contribution in [2.75, 3.05) is 6.61 Å². The molecule has 0 aliphatic rings. The molecule has 0 spiro atoms. The number of nitrogens with zero attached hydrogens (tertiary/aromatic N) is 1. The van der Waals surface area contributed by atoms with Gasteiger partial charge in [-0.1, -0.05) is 19.4 Å². The zero-order chi connectivity index (χ0) is 10.2. The van der Waals surface area contributed by atoms with E-state index >= 15 is 0 Å². The summed E-state index contributed by atoms with van der Waals surface area (Å²) >= 11 is 0. The third-order valence-corrected chi connectivity index (χ3v) is 1.81. The molecule has 0 amide bonds. The molecule has 3 heteroatoms. The van der Waals surface area contributed by atoms with E-state index < -0.39 is 0 Å². The molecule has 0 atom stereocenters. The largest absolute Gasteiger partial charge is 0.465 e. The highest BCUT2D eigenvalue weighted by molar-refractivity contribution is 5.71. The van der Waals surface area contributed by atoms with Crippen molar-refractivity contribution in [3.8, 4) is 0 Å². The van der Waals surface area contributed by atoms with E-state index in [0.717, 1.165) is 18.5 Å². The predicted molar refractivity (Wildman–Crippen MR) is 53.8 cm³/mol. The van der Waals surface area contributed by atoms with Gasteiger partial charge in [0.15, 0.2) is 0 Å². The molecule has 3 nitrogen and oxygen atoms in total. The smallest absolute Gasteiger partial charge is 0.311 e. The van der Waals surface area contributed by atoms with E-state index in [4.69, 9.17) is 4.74 Å². The molecule has 0 bridgehead atoms. The van der Waals surface area contributed by atoms with E-state index in [9.17, 15) is 4.79 Å². The Morgan fingerprint density at radius 1 is 1.50 bits per heavy atom. The monoisotopic (exact) mass is 193 g/mol. The molecule has 0 saturated carbocycles. The molecule has 0 aliphatic carbocycles. The molecule has 0 N–H and O–H groups in total. The van der Waals surface area contributed by atoms with Crippen LogP contribution in [0.4, 0.5) is 0 Å². The molecule has 0 unspecified atom stereocenters. The molecular weight excluding hydrogens is 178 g/mol. The summed E-state index contributed by atoms with van der Waals surface area (Å²) in [5.74, 6) is -0.197. The van der Waals surface area contributed by atoms with Crippen molar-refractivity contribution in [1.82, 2.24) is 4.98 Å². The van der Waals surface area contributed by atoms with Gasteiger partial charge in [0, 0.05) is 6.20 Å². The maximum absolute atomic E-state index is 11.2. The predicted octanol–water partition coefficient (Wildman–Crippen LogP) is 1.97. The Morgan fingerprint density at radius 3 is 3.00 bits per heavy atom. The highest BCUT2D eigenvalue weighted by Gasteiger charge is 2.04. The number of rotatable bonds is 5. The maximum Gasteiger partial charge on any atom is 0.311 e. The lowest BCUT2D eigenvalue weighted by atomic mass is 10.3. The molecule has 0 radical (unpaired) electrons. The van der Waals surface area contributed by atoms with Crippen LogP contribution in [0.5, 0.6) is 0 Å². The maximum atomic E-state index is 11.2. The Labute approximate surface area is 84.1 Å². The van der Waals surface area contributed by atoms with Crippen LogP contribution >= 0.6 is 0 Å². The van der Waals surface area contributed by atoms with Gasteiger partial charge in [-0.15, -0.1) is 0 Å². The number of aromatic nitrogens is 1. The normalized spacial score (nSPS) is 9.79.